The highest BCUT2D eigenvalue weighted by molar-refractivity contribution is 5.76. The van der Waals surface area contributed by atoms with Gasteiger partial charge in [0, 0.05) is 38.6 Å². The maximum absolute atomic E-state index is 12.8. The number of aliphatic hydroxyl groups is 2. The van der Waals surface area contributed by atoms with E-state index in [9.17, 15) is 15.0 Å². The molecule has 0 bridgehead atoms. The predicted octanol–water partition coefficient (Wildman–Crippen LogP) is 5.23. The van der Waals surface area contributed by atoms with Gasteiger partial charge in [-0.2, -0.15) is 0 Å². The lowest BCUT2D eigenvalue weighted by molar-refractivity contribution is -0.156. The monoisotopic (exact) mass is 502 g/mol. The molecule has 36 heavy (non-hydrogen) atoms. The summed E-state index contributed by atoms with van der Waals surface area (Å²) in [5, 5.41) is 22.1. The molecule has 0 unspecified atom stereocenters. The maximum atomic E-state index is 12.8. The normalized spacial score (nSPS) is 45.1. The molecule has 5 rings (SSSR count). The van der Waals surface area contributed by atoms with Gasteiger partial charge in [-0.25, -0.2) is 0 Å². The molecule has 206 valence electrons. The molecule has 1 amide bonds. The molecule has 9 atom stereocenters. The van der Waals surface area contributed by atoms with E-state index < -0.39 is 0 Å². The SMILES string of the molecule is CCCCCCCC(=O)N1CCN([C@H]2C[C@@]3(C)[C@@H](CC[C@@H]4[C@@H]3CC[C@]3(C)[C@@H](O)CC[C@@H]43)C[C@@H]2O)CC1. The minimum absolute atomic E-state index is 0.106. The van der Waals surface area contributed by atoms with Gasteiger partial charge in [-0.15, -0.1) is 0 Å². The van der Waals surface area contributed by atoms with Crippen LogP contribution in [0.5, 0.6) is 0 Å². The van der Waals surface area contributed by atoms with Gasteiger partial charge >= 0.3 is 0 Å². The summed E-state index contributed by atoms with van der Waals surface area (Å²) in [5.74, 6) is 3.15. The topological polar surface area (TPSA) is 64.0 Å². The van der Waals surface area contributed by atoms with Crippen molar-refractivity contribution in [1.82, 2.24) is 9.80 Å². The second-order valence-electron chi connectivity index (χ2n) is 14.0. The molecule has 5 nitrogen and oxygen atoms in total. The van der Waals surface area contributed by atoms with Crippen molar-refractivity contribution in [3.8, 4) is 0 Å². The van der Waals surface area contributed by atoms with Gasteiger partial charge in [-0.1, -0.05) is 46.5 Å². The number of amides is 1. The van der Waals surface area contributed by atoms with E-state index >= 15 is 0 Å². The van der Waals surface area contributed by atoms with Crippen LogP contribution >= 0.6 is 0 Å². The number of carbonyl (C=O) groups is 1. The van der Waals surface area contributed by atoms with E-state index in [4.69, 9.17) is 0 Å². The van der Waals surface area contributed by atoms with Gasteiger partial charge in [-0.3, -0.25) is 9.69 Å². The van der Waals surface area contributed by atoms with Crippen LogP contribution in [0.1, 0.15) is 111 Å². The average Bonchev–Trinajstić information content (AvgIpc) is 3.18. The molecule has 5 aliphatic rings. The zero-order valence-electron chi connectivity index (χ0n) is 23.5. The summed E-state index contributed by atoms with van der Waals surface area (Å²) in [6, 6.07) is 0.235. The van der Waals surface area contributed by atoms with Crippen LogP contribution in [0.2, 0.25) is 0 Å². The first-order chi connectivity index (χ1) is 17.3. The minimum atomic E-state index is -0.234. The van der Waals surface area contributed by atoms with Gasteiger partial charge in [0.25, 0.3) is 0 Å². The molecule has 0 aromatic rings. The van der Waals surface area contributed by atoms with Crippen molar-refractivity contribution in [2.45, 2.75) is 129 Å². The Morgan fingerprint density at radius 2 is 1.58 bits per heavy atom. The van der Waals surface area contributed by atoms with E-state index in [-0.39, 0.29) is 23.7 Å². The van der Waals surface area contributed by atoms with Gasteiger partial charge in [0.2, 0.25) is 5.91 Å². The lowest BCUT2D eigenvalue weighted by atomic mass is 9.44. The molecule has 1 saturated heterocycles. The van der Waals surface area contributed by atoms with Crippen LogP contribution in [0.3, 0.4) is 0 Å². The highest BCUT2D eigenvalue weighted by atomic mass is 16.3. The first-order valence-electron chi connectivity index (χ1n) is 15.7. The highest BCUT2D eigenvalue weighted by Gasteiger charge is 2.61. The molecule has 1 heterocycles. The molecule has 5 heteroatoms. The highest BCUT2D eigenvalue weighted by Crippen LogP contribution is 2.66. The number of hydrogen-bond acceptors (Lipinski definition) is 4. The third-order valence-electron chi connectivity index (χ3n) is 12.3. The van der Waals surface area contributed by atoms with E-state index in [1.54, 1.807) is 0 Å². The first kappa shape index (κ1) is 26.9. The second kappa shape index (κ2) is 10.8. The van der Waals surface area contributed by atoms with Gasteiger partial charge in [0.15, 0.2) is 0 Å². The Bertz CT molecular complexity index is 767. The molecular weight excluding hydrogens is 448 g/mol. The van der Waals surface area contributed by atoms with Crippen molar-refractivity contribution >= 4 is 5.91 Å². The summed E-state index contributed by atoms with van der Waals surface area (Å²) in [4.78, 5) is 17.4. The number of aliphatic hydroxyl groups excluding tert-OH is 2. The molecule has 0 aromatic heterocycles. The van der Waals surface area contributed by atoms with E-state index in [2.05, 4.69) is 30.6 Å². The third-order valence-corrected chi connectivity index (χ3v) is 12.3. The summed E-state index contributed by atoms with van der Waals surface area (Å²) >= 11 is 0. The van der Waals surface area contributed by atoms with E-state index in [1.807, 2.05) is 0 Å². The number of piperazine rings is 1. The number of carbonyl (C=O) groups excluding carboxylic acids is 1. The van der Waals surface area contributed by atoms with Crippen LogP contribution < -0.4 is 0 Å². The fraction of sp³-hybridized carbons (Fsp3) is 0.968. The minimum Gasteiger partial charge on any atom is -0.393 e. The van der Waals surface area contributed by atoms with Crippen molar-refractivity contribution in [1.29, 1.82) is 0 Å². The Morgan fingerprint density at radius 3 is 2.33 bits per heavy atom. The van der Waals surface area contributed by atoms with Crippen LogP contribution in [-0.4, -0.2) is 70.3 Å². The molecule has 0 aromatic carbocycles. The van der Waals surface area contributed by atoms with Crippen LogP contribution in [0.4, 0.5) is 0 Å². The third kappa shape index (κ3) is 4.79. The zero-order chi connectivity index (χ0) is 25.5. The summed E-state index contributed by atoms with van der Waals surface area (Å²) in [6.07, 6.45) is 15.6. The largest absolute Gasteiger partial charge is 0.393 e. The Balaban J connectivity index is 1.19. The Hall–Kier alpha value is -0.650. The van der Waals surface area contributed by atoms with Crippen molar-refractivity contribution in [3.05, 3.63) is 0 Å². The van der Waals surface area contributed by atoms with Gasteiger partial charge < -0.3 is 15.1 Å². The van der Waals surface area contributed by atoms with Crippen LogP contribution in [0, 0.1) is 34.5 Å². The summed E-state index contributed by atoms with van der Waals surface area (Å²) in [5.41, 5.74) is 0.434. The fourth-order valence-corrected chi connectivity index (χ4v) is 9.96. The zero-order valence-corrected chi connectivity index (χ0v) is 23.5. The molecule has 0 spiro atoms. The molecule has 5 fully saturated rings. The summed E-state index contributed by atoms with van der Waals surface area (Å²) in [7, 11) is 0. The van der Waals surface area contributed by atoms with Gasteiger partial charge in [0.1, 0.15) is 0 Å². The van der Waals surface area contributed by atoms with E-state index in [0.717, 1.165) is 63.7 Å². The molecule has 1 aliphatic heterocycles. The molecule has 4 aliphatic carbocycles. The number of fused-ring (bicyclic) bond motifs is 5. The lowest BCUT2D eigenvalue weighted by Gasteiger charge is -2.62. The molecule has 0 radical (unpaired) electrons. The molecule has 2 N–H and O–H groups in total. The molecule has 4 saturated carbocycles. The Kier molecular flexibility index (Phi) is 8.12. The Morgan fingerprint density at radius 1 is 0.861 bits per heavy atom. The van der Waals surface area contributed by atoms with Crippen molar-refractivity contribution in [3.63, 3.8) is 0 Å². The van der Waals surface area contributed by atoms with Crippen LogP contribution in [-0.2, 0) is 4.79 Å². The van der Waals surface area contributed by atoms with E-state index in [1.165, 1.54) is 57.8 Å². The number of nitrogens with zero attached hydrogens (tertiary/aromatic N) is 2. The average molecular weight is 503 g/mol. The second-order valence-corrected chi connectivity index (χ2v) is 14.0. The maximum Gasteiger partial charge on any atom is 0.222 e. The Labute approximate surface area is 220 Å². The lowest BCUT2D eigenvalue weighted by Crippen LogP contribution is -2.62. The van der Waals surface area contributed by atoms with E-state index in [0.29, 0.717) is 29.6 Å². The summed E-state index contributed by atoms with van der Waals surface area (Å²) in [6.45, 7) is 10.6. The quantitative estimate of drug-likeness (QED) is 0.468. The summed E-state index contributed by atoms with van der Waals surface area (Å²) < 4.78 is 0. The predicted molar refractivity (Wildman–Crippen MR) is 144 cm³/mol. The number of unbranched alkanes of at least 4 members (excludes halogenated alkanes) is 4. The fourth-order valence-electron chi connectivity index (χ4n) is 9.96. The number of hydrogen-bond donors (Lipinski definition) is 2. The van der Waals surface area contributed by atoms with Gasteiger partial charge in [-0.05, 0) is 92.3 Å². The van der Waals surface area contributed by atoms with Crippen molar-refractivity contribution in [2.75, 3.05) is 26.2 Å². The van der Waals surface area contributed by atoms with Crippen LogP contribution in [0.15, 0.2) is 0 Å². The standard InChI is InChI=1S/C31H54N2O3/c1-4-5-6-7-8-9-29(36)33-18-16-32(17-19-33)26-21-31(3)22(20-27(26)34)10-11-23-24-12-13-28(35)30(24,2)15-14-25(23)31/h22-28,34-35H,4-21H2,1-3H3/t22-,23-,24-,25-,26-,27-,28-,30-,31-/m0/s1. The van der Waals surface area contributed by atoms with Gasteiger partial charge in [0.05, 0.1) is 12.2 Å². The first-order valence-corrected chi connectivity index (χ1v) is 15.7. The smallest absolute Gasteiger partial charge is 0.222 e. The number of rotatable bonds is 7. The van der Waals surface area contributed by atoms with Crippen molar-refractivity contribution in [2.24, 2.45) is 34.5 Å². The van der Waals surface area contributed by atoms with Crippen LogP contribution in [0.25, 0.3) is 0 Å². The van der Waals surface area contributed by atoms with Crippen molar-refractivity contribution < 1.29 is 15.0 Å². The molecular formula is C31H54N2O3.